The van der Waals surface area contributed by atoms with Crippen molar-refractivity contribution in [2.75, 3.05) is 22.3 Å². The molecule has 0 spiro atoms. The summed E-state index contributed by atoms with van der Waals surface area (Å²) in [7, 11) is 0. The van der Waals surface area contributed by atoms with Crippen molar-refractivity contribution in [2.45, 2.75) is 6.04 Å². The topological polar surface area (TPSA) is 79.5 Å². The molecule has 0 bridgehead atoms. The highest BCUT2D eigenvalue weighted by atomic mass is 32.2. The van der Waals surface area contributed by atoms with Gasteiger partial charge in [-0.2, -0.15) is 0 Å². The van der Waals surface area contributed by atoms with Gasteiger partial charge in [-0.1, -0.05) is 0 Å². The summed E-state index contributed by atoms with van der Waals surface area (Å²) in [6.07, 6.45) is 1.54. The van der Waals surface area contributed by atoms with Crippen LogP contribution in [0.15, 0.2) is 18.3 Å². The van der Waals surface area contributed by atoms with Crippen LogP contribution in [-0.2, 0) is 4.79 Å². The number of nitrogens with two attached hydrogens (primary N) is 1. The van der Waals surface area contributed by atoms with E-state index < -0.39 is 12.0 Å². The summed E-state index contributed by atoms with van der Waals surface area (Å²) in [5.74, 6) is 1.12. The zero-order valence-electron chi connectivity index (χ0n) is 7.96. The van der Waals surface area contributed by atoms with E-state index in [4.69, 9.17) is 10.8 Å². The molecule has 1 aromatic heterocycles. The van der Waals surface area contributed by atoms with Crippen molar-refractivity contribution in [2.24, 2.45) is 0 Å². The van der Waals surface area contributed by atoms with E-state index in [1.807, 2.05) is 0 Å². The minimum atomic E-state index is -0.807. The summed E-state index contributed by atoms with van der Waals surface area (Å²) in [6.45, 7) is 0. The van der Waals surface area contributed by atoms with Gasteiger partial charge in [-0.25, -0.2) is 9.78 Å². The van der Waals surface area contributed by atoms with Crippen LogP contribution in [0.5, 0.6) is 0 Å². The van der Waals surface area contributed by atoms with Crippen LogP contribution in [0, 0.1) is 0 Å². The van der Waals surface area contributed by atoms with Gasteiger partial charge in [-0.15, -0.1) is 11.8 Å². The lowest BCUT2D eigenvalue weighted by Crippen LogP contribution is -2.38. The lowest BCUT2D eigenvalue weighted by molar-refractivity contribution is -0.137. The Morgan fingerprint density at radius 2 is 2.47 bits per heavy atom. The Labute approximate surface area is 91.3 Å². The van der Waals surface area contributed by atoms with Crippen molar-refractivity contribution in [3.05, 3.63) is 18.3 Å². The zero-order valence-corrected chi connectivity index (χ0v) is 8.78. The normalized spacial score (nSPS) is 20.5. The molecule has 2 heterocycles. The number of nitrogen functional groups attached to an aromatic ring is 1. The van der Waals surface area contributed by atoms with Gasteiger partial charge < -0.3 is 15.7 Å². The lowest BCUT2D eigenvalue weighted by Gasteiger charge is -2.21. The van der Waals surface area contributed by atoms with Crippen molar-refractivity contribution in [3.63, 3.8) is 0 Å². The molecule has 5 nitrogen and oxygen atoms in total. The first-order chi connectivity index (χ1) is 7.18. The Bertz CT molecular complexity index is 368. The molecule has 1 fully saturated rings. The van der Waals surface area contributed by atoms with Gasteiger partial charge in [0.1, 0.15) is 11.9 Å². The quantitative estimate of drug-likeness (QED) is 0.768. The molecule has 0 radical (unpaired) electrons. The van der Waals surface area contributed by atoms with E-state index in [0.29, 0.717) is 23.1 Å². The smallest absolute Gasteiger partial charge is 0.327 e. The summed E-state index contributed by atoms with van der Waals surface area (Å²) in [6, 6.07) is 2.99. The molecule has 1 unspecified atom stereocenters. The Morgan fingerprint density at radius 1 is 1.67 bits per heavy atom. The highest BCUT2D eigenvalue weighted by Crippen LogP contribution is 2.26. The molecule has 15 heavy (non-hydrogen) atoms. The number of carbonyl (C=O) groups is 1. The third kappa shape index (κ3) is 1.99. The number of hydrogen-bond donors (Lipinski definition) is 2. The fraction of sp³-hybridized carbons (Fsp3) is 0.333. The number of nitrogens with zero attached hydrogens (tertiary/aromatic N) is 2. The molecule has 1 atom stereocenters. The van der Waals surface area contributed by atoms with E-state index in [-0.39, 0.29) is 0 Å². The van der Waals surface area contributed by atoms with Gasteiger partial charge in [0.2, 0.25) is 0 Å². The molecule has 0 aromatic carbocycles. The van der Waals surface area contributed by atoms with Crippen LogP contribution in [0.1, 0.15) is 0 Å². The second kappa shape index (κ2) is 3.98. The van der Waals surface area contributed by atoms with E-state index in [2.05, 4.69) is 4.98 Å². The number of aliphatic carboxylic acids is 1. The predicted octanol–water partition coefficient (Wildman–Crippen LogP) is 0.628. The Morgan fingerprint density at radius 3 is 3.07 bits per heavy atom. The fourth-order valence-electron chi connectivity index (χ4n) is 1.44. The van der Waals surface area contributed by atoms with Crippen molar-refractivity contribution >= 4 is 29.2 Å². The molecule has 0 saturated carbocycles. The summed E-state index contributed by atoms with van der Waals surface area (Å²) in [5, 5.41) is 8.99. The molecule has 0 amide bonds. The van der Waals surface area contributed by atoms with Crippen LogP contribution in [-0.4, -0.2) is 33.7 Å². The monoisotopic (exact) mass is 225 g/mol. The number of rotatable bonds is 2. The van der Waals surface area contributed by atoms with Gasteiger partial charge in [-0.05, 0) is 12.1 Å². The molecule has 0 aliphatic carbocycles. The van der Waals surface area contributed by atoms with Gasteiger partial charge in [0.25, 0.3) is 0 Å². The highest BCUT2D eigenvalue weighted by Gasteiger charge is 2.31. The fourth-order valence-corrected chi connectivity index (χ4v) is 2.60. The number of pyridine rings is 1. The second-order valence-electron chi connectivity index (χ2n) is 3.27. The molecule has 3 N–H and O–H groups in total. The van der Waals surface area contributed by atoms with E-state index in [1.54, 1.807) is 28.8 Å². The molecule has 80 valence electrons. The highest BCUT2D eigenvalue weighted by molar-refractivity contribution is 7.99. The van der Waals surface area contributed by atoms with Crippen LogP contribution >= 0.6 is 11.8 Å². The van der Waals surface area contributed by atoms with E-state index in [1.165, 1.54) is 6.20 Å². The Hall–Kier alpha value is -1.43. The molecule has 2 rings (SSSR count). The summed E-state index contributed by atoms with van der Waals surface area (Å²) in [5.41, 5.74) is 6.10. The summed E-state index contributed by atoms with van der Waals surface area (Å²) >= 11 is 1.59. The number of aromatic nitrogens is 1. The Kier molecular flexibility index (Phi) is 2.68. The van der Waals surface area contributed by atoms with E-state index >= 15 is 0 Å². The summed E-state index contributed by atoms with van der Waals surface area (Å²) in [4.78, 5) is 16.8. The maximum atomic E-state index is 10.9. The number of anilines is 2. The van der Waals surface area contributed by atoms with Crippen LogP contribution in [0.3, 0.4) is 0 Å². The van der Waals surface area contributed by atoms with Gasteiger partial charge >= 0.3 is 5.97 Å². The van der Waals surface area contributed by atoms with Crippen molar-refractivity contribution < 1.29 is 9.90 Å². The van der Waals surface area contributed by atoms with Crippen LogP contribution in [0.4, 0.5) is 11.5 Å². The largest absolute Gasteiger partial charge is 0.480 e. The maximum absolute atomic E-state index is 10.9. The van der Waals surface area contributed by atoms with Gasteiger partial charge in [0.15, 0.2) is 0 Å². The van der Waals surface area contributed by atoms with Crippen LogP contribution in [0.2, 0.25) is 0 Å². The van der Waals surface area contributed by atoms with Crippen molar-refractivity contribution in [1.29, 1.82) is 0 Å². The average Bonchev–Trinajstić information content (AvgIpc) is 2.67. The zero-order chi connectivity index (χ0) is 10.8. The van der Waals surface area contributed by atoms with Gasteiger partial charge in [0.05, 0.1) is 17.8 Å². The molecule has 6 heteroatoms. The van der Waals surface area contributed by atoms with Crippen LogP contribution < -0.4 is 10.6 Å². The maximum Gasteiger partial charge on any atom is 0.327 e. The molecule has 1 aromatic rings. The summed E-state index contributed by atoms with van der Waals surface area (Å²) < 4.78 is 0. The van der Waals surface area contributed by atoms with Crippen LogP contribution in [0.25, 0.3) is 0 Å². The van der Waals surface area contributed by atoms with Crippen molar-refractivity contribution in [3.8, 4) is 0 Å². The first-order valence-corrected chi connectivity index (χ1v) is 5.62. The predicted molar refractivity (Wildman–Crippen MR) is 59.9 cm³/mol. The number of hydrogen-bond acceptors (Lipinski definition) is 5. The van der Waals surface area contributed by atoms with Gasteiger partial charge in [0, 0.05) is 5.75 Å². The van der Waals surface area contributed by atoms with Gasteiger partial charge in [-0.3, -0.25) is 0 Å². The molecule has 1 aliphatic heterocycles. The van der Waals surface area contributed by atoms with E-state index in [0.717, 1.165) is 0 Å². The first-order valence-electron chi connectivity index (χ1n) is 4.47. The molecule has 1 aliphatic rings. The first kappa shape index (κ1) is 10.1. The Balaban J connectivity index is 2.22. The number of carboxylic acids is 1. The van der Waals surface area contributed by atoms with Crippen molar-refractivity contribution in [1.82, 2.24) is 4.98 Å². The third-order valence-corrected chi connectivity index (χ3v) is 3.24. The number of thioether (sulfide) groups is 1. The van der Waals surface area contributed by atoms with E-state index in [9.17, 15) is 4.79 Å². The number of carboxylic acid groups (broad SMARTS) is 1. The SMILES string of the molecule is Nc1ccc(N2CSCC2C(=O)O)nc1. The lowest BCUT2D eigenvalue weighted by atomic mass is 10.3. The standard InChI is InChI=1S/C9H11N3O2S/c10-6-1-2-8(11-3-6)12-5-15-4-7(12)9(13)14/h1-3,7H,4-5,10H2,(H,13,14). The molecular formula is C9H11N3O2S. The third-order valence-electron chi connectivity index (χ3n) is 2.23. The molecular weight excluding hydrogens is 214 g/mol. The molecule has 1 saturated heterocycles. The minimum absolute atomic E-state index is 0.480. The minimum Gasteiger partial charge on any atom is -0.480 e. The second-order valence-corrected chi connectivity index (χ2v) is 4.27. The average molecular weight is 225 g/mol.